The fourth-order valence-corrected chi connectivity index (χ4v) is 1.71. The Bertz CT molecular complexity index is 393. The van der Waals surface area contributed by atoms with Gasteiger partial charge in [-0.25, -0.2) is 0 Å². The number of ether oxygens (including phenoxy) is 1. The van der Waals surface area contributed by atoms with Crippen LogP contribution < -0.4 is 5.32 Å². The SMILES string of the molecule is CCOCCCNC(=O)C(C)n1ncc(Cl)c1C. The maximum atomic E-state index is 11.9. The van der Waals surface area contributed by atoms with Gasteiger partial charge in [-0.3, -0.25) is 9.48 Å². The summed E-state index contributed by atoms with van der Waals surface area (Å²) in [7, 11) is 0. The molecule has 1 atom stereocenters. The van der Waals surface area contributed by atoms with E-state index >= 15 is 0 Å². The summed E-state index contributed by atoms with van der Waals surface area (Å²) in [4.78, 5) is 11.9. The molecule has 0 saturated heterocycles. The Balaban J connectivity index is 2.40. The molecule has 1 unspecified atom stereocenters. The molecule has 1 aromatic rings. The summed E-state index contributed by atoms with van der Waals surface area (Å²) in [6.45, 7) is 7.57. The van der Waals surface area contributed by atoms with Gasteiger partial charge in [-0.05, 0) is 27.2 Å². The van der Waals surface area contributed by atoms with Crippen molar-refractivity contribution in [3.63, 3.8) is 0 Å². The Morgan fingerprint density at radius 2 is 2.39 bits per heavy atom. The topological polar surface area (TPSA) is 56.1 Å². The molecular formula is C12H20ClN3O2. The first-order valence-corrected chi connectivity index (χ1v) is 6.50. The fourth-order valence-electron chi connectivity index (χ4n) is 1.58. The Hall–Kier alpha value is -1.07. The molecular weight excluding hydrogens is 254 g/mol. The number of carbonyl (C=O) groups excluding carboxylic acids is 1. The normalized spacial score (nSPS) is 12.4. The van der Waals surface area contributed by atoms with E-state index in [0.29, 0.717) is 24.8 Å². The first-order chi connectivity index (χ1) is 8.57. The van der Waals surface area contributed by atoms with Crippen LogP contribution in [0, 0.1) is 6.92 Å². The smallest absolute Gasteiger partial charge is 0.244 e. The number of amides is 1. The third kappa shape index (κ3) is 3.99. The van der Waals surface area contributed by atoms with Gasteiger partial charge in [0.1, 0.15) is 6.04 Å². The minimum atomic E-state index is -0.357. The molecule has 0 radical (unpaired) electrons. The lowest BCUT2D eigenvalue weighted by Gasteiger charge is -2.14. The molecule has 0 fully saturated rings. The zero-order chi connectivity index (χ0) is 13.5. The third-order valence-corrected chi connectivity index (χ3v) is 3.07. The Labute approximate surface area is 112 Å². The summed E-state index contributed by atoms with van der Waals surface area (Å²) in [5.41, 5.74) is 0.800. The average Bonchev–Trinajstić information content (AvgIpc) is 2.69. The van der Waals surface area contributed by atoms with Gasteiger partial charge >= 0.3 is 0 Å². The summed E-state index contributed by atoms with van der Waals surface area (Å²) in [6.07, 6.45) is 2.36. The minimum Gasteiger partial charge on any atom is -0.382 e. The van der Waals surface area contributed by atoms with Crippen LogP contribution in [0.1, 0.15) is 32.0 Å². The van der Waals surface area contributed by atoms with Gasteiger partial charge in [0.25, 0.3) is 0 Å². The van der Waals surface area contributed by atoms with E-state index in [4.69, 9.17) is 16.3 Å². The quantitative estimate of drug-likeness (QED) is 0.773. The molecule has 0 saturated carbocycles. The van der Waals surface area contributed by atoms with E-state index in [9.17, 15) is 4.79 Å². The lowest BCUT2D eigenvalue weighted by atomic mass is 10.3. The Morgan fingerprint density at radius 3 is 2.94 bits per heavy atom. The summed E-state index contributed by atoms with van der Waals surface area (Å²) in [5.74, 6) is -0.0608. The van der Waals surface area contributed by atoms with Crippen LogP contribution in [0.2, 0.25) is 5.02 Å². The molecule has 0 aliphatic heterocycles. The number of nitrogens with zero attached hydrogens (tertiary/aromatic N) is 2. The summed E-state index contributed by atoms with van der Waals surface area (Å²) in [5, 5.41) is 7.52. The number of hydrogen-bond donors (Lipinski definition) is 1. The Kier molecular flexibility index (Phi) is 6.15. The number of rotatable bonds is 7. The van der Waals surface area contributed by atoms with Crippen molar-refractivity contribution in [1.29, 1.82) is 0 Å². The van der Waals surface area contributed by atoms with Gasteiger partial charge in [0, 0.05) is 19.8 Å². The monoisotopic (exact) mass is 273 g/mol. The zero-order valence-corrected chi connectivity index (χ0v) is 11.8. The van der Waals surface area contributed by atoms with Crippen molar-refractivity contribution in [3.8, 4) is 0 Å². The van der Waals surface area contributed by atoms with Crippen LogP contribution >= 0.6 is 11.6 Å². The molecule has 1 rings (SSSR count). The standard InChI is InChI=1S/C12H20ClN3O2/c1-4-18-7-5-6-14-12(17)10(3)16-9(2)11(13)8-15-16/h8,10H,4-7H2,1-3H3,(H,14,17). The van der Waals surface area contributed by atoms with Crippen LogP contribution in [0.25, 0.3) is 0 Å². The number of nitrogens with one attached hydrogen (secondary N) is 1. The second-order valence-electron chi connectivity index (χ2n) is 4.04. The molecule has 0 aliphatic rings. The first-order valence-electron chi connectivity index (χ1n) is 6.13. The highest BCUT2D eigenvalue weighted by Crippen LogP contribution is 2.17. The lowest BCUT2D eigenvalue weighted by molar-refractivity contribution is -0.124. The van der Waals surface area contributed by atoms with Crippen molar-refractivity contribution in [2.45, 2.75) is 33.2 Å². The molecule has 1 heterocycles. The van der Waals surface area contributed by atoms with Gasteiger partial charge in [0.05, 0.1) is 16.9 Å². The van der Waals surface area contributed by atoms with Crippen LogP contribution in [0.5, 0.6) is 0 Å². The van der Waals surface area contributed by atoms with E-state index in [1.165, 1.54) is 0 Å². The molecule has 1 amide bonds. The van der Waals surface area contributed by atoms with Crippen molar-refractivity contribution in [2.75, 3.05) is 19.8 Å². The highest BCUT2D eigenvalue weighted by atomic mass is 35.5. The predicted molar refractivity (Wildman–Crippen MR) is 70.8 cm³/mol. The van der Waals surface area contributed by atoms with Crippen LogP contribution in [-0.2, 0) is 9.53 Å². The third-order valence-electron chi connectivity index (χ3n) is 2.70. The molecule has 1 N–H and O–H groups in total. The van der Waals surface area contributed by atoms with Crippen molar-refractivity contribution in [2.24, 2.45) is 0 Å². The number of carbonyl (C=O) groups is 1. The molecule has 0 spiro atoms. The van der Waals surface area contributed by atoms with E-state index in [1.54, 1.807) is 17.8 Å². The molecule has 18 heavy (non-hydrogen) atoms. The Morgan fingerprint density at radius 1 is 1.67 bits per heavy atom. The van der Waals surface area contributed by atoms with E-state index in [-0.39, 0.29) is 11.9 Å². The van der Waals surface area contributed by atoms with E-state index < -0.39 is 0 Å². The average molecular weight is 274 g/mol. The molecule has 102 valence electrons. The van der Waals surface area contributed by atoms with Crippen LogP contribution in [0.4, 0.5) is 0 Å². The molecule has 0 aliphatic carbocycles. The van der Waals surface area contributed by atoms with E-state index in [1.807, 2.05) is 13.8 Å². The molecule has 1 aromatic heterocycles. The van der Waals surface area contributed by atoms with Gasteiger partial charge in [0.2, 0.25) is 5.91 Å². The second-order valence-corrected chi connectivity index (χ2v) is 4.45. The highest BCUT2D eigenvalue weighted by Gasteiger charge is 2.17. The van der Waals surface area contributed by atoms with Crippen molar-refractivity contribution in [3.05, 3.63) is 16.9 Å². The van der Waals surface area contributed by atoms with E-state index in [0.717, 1.165) is 12.1 Å². The molecule has 5 nitrogen and oxygen atoms in total. The van der Waals surface area contributed by atoms with Gasteiger partial charge in [-0.15, -0.1) is 0 Å². The summed E-state index contributed by atoms with van der Waals surface area (Å²) >= 11 is 5.91. The van der Waals surface area contributed by atoms with Gasteiger partial charge in [0.15, 0.2) is 0 Å². The minimum absolute atomic E-state index is 0.0608. The van der Waals surface area contributed by atoms with Crippen molar-refractivity contribution < 1.29 is 9.53 Å². The van der Waals surface area contributed by atoms with Gasteiger partial charge in [-0.1, -0.05) is 11.6 Å². The number of aromatic nitrogens is 2. The molecule has 0 bridgehead atoms. The predicted octanol–water partition coefficient (Wildman–Crippen LogP) is 1.95. The molecule has 6 heteroatoms. The fraction of sp³-hybridized carbons (Fsp3) is 0.667. The number of halogens is 1. The summed E-state index contributed by atoms with van der Waals surface area (Å²) < 4.78 is 6.82. The first kappa shape index (κ1) is 15.0. The second kappa shape index (κ2) is 7.38. The zero-order valence-electron chi connectivity index (χ0n) is 11.1. The lowest BCUT2D eigenvalue weighted by Crippen LogP contribution is -2.33. The summed E-state index contributed by atoms with van der Waals surface area (Å²) in [6, 6.07) is -0.357. The van der Waals surface area contributed by atoms with Crippen LogP contribution in [0.3, 0.4) is 0 Å². The van der Waals surface area contributed by atoms with Gasteiger partial charge < -0.3 is 10.1 Å². The maximum absolute atomic E-state index is 11.9. The molecule has 0 aromatic carbocycles. The van der Waals surface area contributed by atoms with Gasteiger partial charge in [-0.2, -0.15) is 5.10 Å². The highest BCUT2D eigenvalue weighted by molar-refractivity contribution is 6.31. The largest absolute Gasteiger partial charge is 0.382 e. The maximum Gasteiger partial charge on any atom is 0.244 e. The van der Waals surface area contributed by atoms with Crippen molar-refractivity contribution >= 4 is 17.5 Å². The van der Waals surface area contributed by atoms with Crippen LogP contribution in [-0.4, -0.2) is 35.4 Å². The van der Waals surface area contributed by atoms with Crippen molar-refractivity contribution in [1.82, 2.24) is 15.1 Å². The van der Waals surface area contributed by atoms with Crippen LogP contribution in [0.15, 0.2) is 6.20 Å². The van der Waals surface area contributed by atoms with E-state index in [2.05, 4.69) is 10.4 Å². The number of hydrogen-bond acceptors (Lipinski definition) is 3.